The molecule has 1 heterocycles. The van der Waals surface area contributed by atoms with Gasteiger partial charge in [-0.15, -0.1) is 23.1 Å². The maximum atomic E-state index is 12.4. The van der Waals surface area contributed by atoms with Crippen molar-refractivity contribution in [3.05, 3.63) is 51.7 Å². The monoisotopic (exact) mass is 333 g/mol. The third kappa shape index (κ3) is 2.93. The van der Waals surface area contributed by atoms with E-state index < -0.39 is 5.60 Å². The number of thioether (sulfide) groups is 1. The normalized spacial score (nSPS) is 20.5. The average Bonchev–Trinajstić information content (AvgIpc) is 3.02. The lowest BCUT2D eigenvalue weighted by Crippen LogP contribution is -2.42. The molecule has 1 aliphatic rings. The van der Waals surface area contributed by atoms with Gasteiger partial charge in [-0.25, -0.2) is 0 Å². The Bertz CT molecular complexity index is 683. The molecule has 1 aromatic heterocycles. The van der Waals surface area contributed by atoms with Crippen molar-refractivity contribution in [3.63, 3.8) is 0 Å². The first-order valence-corrected chi connectivity index (χ1v) is 9.45. The van der Waals surface area contributed by atoms with Crippen molar-refractivity contribution in [2.24, 2.45) is 0 Å². The fourth-order valence-electron chi connectivity index (χ4n) is 3.01. The van der Waals surface area contributed by atoms with Crippen molar-refractivity contribution in [2.45, 2.75) is 29.8 Å². The van der Waals surface area contributed by atoms with E-state index in [0.29, 0.717) is 6.42 Å². The number of benzene rings is 1. The maximum Gasteiger partial charge on any atom is 0.262 e. The van der Waals surface area contributed by atoms with Crippen LogP contribution in [0.1, 0.15) is 33.6 Å². The molecule has 0 radical (unpaired) electrons. The van der Waals surface area contributed by atoms with Gasteiger partial charge in [-0.1, -0.05) is 24.3 Å². The first-order valence-electron chi connectivity index (χ1n) is 7.34. The first-order chi connectivity index (χ1) is 10.6. The zero-order valence-corrected chi connectivity index (χ0v) is 14.1. The van der Waals surface area contributed by atoms with Gasteiger partial charge in [0, 0.05) is 4.90 Å². The van der Waals surface area contributed by atoms with Gasteiger partial charge < -0.3 is 10.4 Å². The molecule has 1 aromatic carbocycles. The lowest BCUT2D eigenvalue weighted by Gasteiger charge is -2.34. The number of nitrogens with one attached hydrogen (secondary N) is 1. The molecule has 22 heavy (non-hydrogen) atoms. The van der Waals surface area contributed by atoms with Gasteiger partial charge in [0.15, 0.2) is 0 Å². The Morgan fingerprint density at radius 1 is 1.41 bits per heavy atom. The summed E-state index contributed by atoms with van der Waals surface area (Å²) in [6.07, 6.45) is 4.58. The highest BCUT2D eigenvalue weighted by molar-refractivity contribution is 7.98. The lowest BCUT2D eigenvalue weighted by atomic mass is 9.79. The van der Waals surface area contributed by atoms with Crippen molar-refractivity contribution in [1.29, 1.82) is 0 Å². The van der Waals surface area contributed by atoms with Crippen LogP contribution in [0, 0.1) is 0 Å². The first kappa shape index (κ1) is 15.6. The Labute approximate surface area is 138 Å². The zero-order valence-electron chi connectivity index (χ0n) is 12.5. The second kappa shape index (κ2) is 6.44. The molecule has 0 aliphatic heterocycles. The zero-order chi connectivity index (χ0) is 15.6. The van der Waals surface area contributed by atoms with Crippen LogP contribution in [0.4, 0.5) is 0 Å². The largest absolute Gasteiger partial charge is 0.383 e. The van der Waals surface area contributed by atoms with Crippen molar-refractivity contribution < 1.29 is 9.90 Å². The van der Waals surface area contributed by atoms with Gasteiger partial charge in [0.2, 0.25) is 0 Å². The number of thiophene rings is 1. The molecule has 0 saturated heterocycles. The van der Waals surface area contributed by atoms with Gasteiger partial charge >= 0.3 is 0 Å². The summed E-state index contributed by atoms with van der Waals surface area (Å²) < 4.78 is 0. The standard InChI is InChI=1S/C17H19NO2S2/c1-21-14-8-10-22-15(14)16(19)18-11-17(20)9-4-6-12-5-2-3-7-13(12)17/h2-3,5,7-8,10,20H,4,6,9,11H2,1H3,(H,18,19). The van der Waals surface area contributed by atoms with Crippen LogP contribution in [0.25, 0.3) is 0 Å². The molecule has 3 rings (SSSR count). The molecule has 1 amide bonds. The minimum atomic E-state index is -0.957. The number of hydrogen-bond donors (Lipinski definition) is 2. The van der Waals surface area contributed by atoms with Crippen LogP contribution in [0.15, 0.2) is 40.6 Å². The van der Waals surface area contributed by atoms with Crippen molar-refractivity contribution in [2.75, 3.05) is 12.8 Å². The molecule has 0 saturated carbocycles. The highest BCUT2D eigenvalue weighted by atomic mass is 32.2. The number of hydrogen-bond acceptors (Lipinski definition) is 4. The predicted molar refractivity (Wildman–Crippen MR) is 91.7 cm³/mol. The fraction of sp³-hybridized carbons (Fsp3) is 0.353. The lowest BCUT2D eigenvalue weighted by molar-refractivity contribution is 0.0189. The summed E-state index contributed by atoms with van der Waals surface area (Å²) in [6, 6.07) is 9.93. The van der Waals surface area contributed by atoms with Crippen molar-refractivity contribution in [1.82, 2.24) is 5.32 Å². The van der Waals surface area contributed by atoms with Crippen LogP contribution in [0.3, 0.4) is 0 Å². The van der Waals surface area contributed by atoms with Crippen LogP contribution in [-0.4, -0.2) is 23.8 Å². The van der Waals surface area contributed by atoms with E-state index in [1.807, 2.05) is 35.9 Å². The number of aliphatic hydroxyl groups is 1. The molecule has 5 heteroatoms. The van der Waals surface area contributed by atoms with Gasteiger partial charge in [0.25, 0.3) is 5.91 Å². The topological polar surface area (TPSA) is 49.3 Å². The van der Waals surface area contributed by atoms with Gasteiger partial charge in [-0.2, -0.15) is 0 Å². The Hall–Kier alpha value is -1.30. The Morgan fingerprint density at radius 2 is 2.23 bits per heavy atom. The Kier molecular flexibility index (Phi) is 4.57. The third-order valence-corrected chi connectivity index (χ3v) is 5.97. The molecule has 0 bridgehead atoms. The number of carbonyl (C=O) groups is 1. The molecule has 116 valence electrons. The third-order valence-electron chi connectivity index (χ3n) is 4.15. The summed E-state index contributed by atoms with van der Waals surface area (Å²) in [5, 5.41) is 15.8. The minimum absolute atomic E-state index is 0.101. The predicted octanol–water partition coefficient (Wildman–Crippen LogP) is 3.42. The van der Waals surface area contributed by atoms with Crippen molar-refractivity contribution in [3.8, 4) is 0 Å². The highest BCUT2D eigenvalue weighted by Crippen LogP contribution is 2.35. The molecule has 1 atom stereocenters. The number of amides is 1. The quantitative estimate of drug-likeness (QED) is 0.843. The molecule has 2 aromatic rings. The summed E-state index contributed by atoms with van der Waals surface area (Å²) in [6.45, 7) is 0.258. The summed E-state index contributed by atoms with van der Waals surface area (Å²) in [7, 11) is 0. The van der Waals surface area contributed by atoms with Crippen LogP contribution in [0.5, 0.6) is 0 Å². The molecular formula is C17H19NO2S2. The molecule has 2 N–H and O–H groups in total. The molecule has 3 nitrogen and oxygen atoms in total. The SMILES string of the molecule is CSc1ccsc1C(=O)NCC1(O)CCCc2ccccc21. The summed E-state index contributed by atoms with van der Waals surface area (Å²) in [4.78, 5) is 14.1. The van der Waals surface area contributed by atoms with Crippen molar-refractivity contribution >= 4 is 29.0 Å². The summed E-state index contributed by atoms with van der Waals surface area (Å²) in [5.74, 6) is -0.101. The number of rotatable bonds is 4. The van der Waals surface area contributed by atoms with E-state index in [1.165, 1.54) is 16.9 Å². The van der Waals surface area contributed by atoms with Crippen LogP contribution in [0.2, 0.25) is 0 Å². The fourth-order valence-corrected chi connectivity index (χ4v) is 4.68. The average molecular weight is 333 g/mol. The van der Waals surface area contributed by atoms with Gasteiger partial charge in [0.1, 0.15) is 10.5 Å². The Morgan fingerprint density at radius 3 is 3.05 bits per heavy atom. The molecular weight excluding hydrogens is 314 g/mol. The highest BCUT2D eigenvalue weighted by Gasteiger charge is 2.34. The molecule has 1 aliphatic carbocycles. The number of fused-ring (bicyclic) bond motifs is 1. The second-order valence-electron chi connectivity index (χ2n) is 5.54. The smallest absolute Gasteiger partial charge is 0.262 e. The molecule has 1 unspecified atom stereocenters. The second-order valence-corrected chi connectivity index (χ2v) is 7.31. The molecule has 0 spiro atoms. The van der Waals surface area contributed by atoms with Crippen LogP contribution >= 0.6 is 23.1 Å². The van der Waals surface area contributed by atoms with E-state index in [9.17, 15) is 9.90 Å². The van der Waals surface area contributed by atoms with E-state index in [4.69, 9.17) is 0 Å². The van der Waals surface area contributed by atoms with Gasteiger partial charge in [-0.05, 0) is 48.1 Å². The Balaban J connectivity index is 1.75. The van der Waals surface area contributed by atoms with Crippen LogP contribution in [-0.2, 0) is 12.0 Å². The van der Waals surface area contributed by atoms with E-state index in [1.54, 1.807) is 11.8 Å². The van der Waals surface area contributed by atoms with Crippen LogP contribution < -0.4 is 5.32 Å². The van der Waals surface area contributed by atoms with E-state index in [2.05, 4.69) is 11.4 Å². The van der Waals surface area contributed by atoms with E-state index >= 15 is 0 Å². The minimum Gasteiger partial charge on any atom is -0.383 e. The maximum absolute atomic E-state index is 12.4. The summed E-state index contributed by atoms with van der Waals surface area (Å²) in [5.41, 5.74) is 1.19. The van der Waals surface area contributed by atoms with Gasteiger partial charge in [-0.3, -0.25) is 4.79 Å². The number of aryl methyl sites for hydroxylation is 1. The van der Waals surface area contributed by atoms with E-state index in [0.717, 1.165) is 28.2 Å². The summed E-state index contributed by atoms with van der Waals surface area (Å²) >= 11 is 3.01. The molecule has 0 fully saturated rings. The van der Waals surface area contributed by atoms with E-state index in [-0.39, 0.29) is 12.5 Å². The number of carbonyl (C=O) groups excluding carboxylic acids is 1. The van der Waals surface area contributed by atoms with Gasteiger partial charge in [0.05, 0.1) is 6.54 Å².